The van der Waals surface area contributed by atoms with E-state index in [0.29, 0.717) is 12.5 Å². The zero-order chi connectivity index (χ0) is 15.2. The van der Waals surface area contributed by atoms with Gasteiger partial charge in [-0.1, -0.05) is 20.8 Å². The Kier molecular flexibility index (Phi) is 5.69. The minimum Gasteiger partial charge on any atom is -0.384 e. The van der Waals surface area contributed by atoms with Crippen LogP contribution in [0.1, 0.15) is 32.3 Å². The standard InChI is InChI=1S/C14H23N5OS/c1-5-12-11(8-15-19(12)9-10(2)3)16-14-17-13(18-21-14)6-7-20-4/h8,10H,5-7,9H2,1-4H3,(H,16,17,18). The van der Waals surface area contributed by atoms with Gasteiger partial charge in [0.05, 0.1) is 24.2 Å². The largest absolute Gasteiger partial charge is 0.384 e. The van der Waals surface area contributed by atoms with E-state index in [9.17, 15) is 0 Å². The molecule has 1 N–H and O–H groups in total. The lowest BCUT2D eigenvalue weighted by atomic mass is 10.2. The summed E-state index contributed by atoms with van der Waals surface area (Å²) in [6.07, 6.45) is 3.55. The second-order valence-corrected chi connectivity index (χ2v) is 6.07. The summed E-state index contributed by atoms with van der Waals surface area (Å²) in [5, 5.41) is 8.61. The van der Waals surface area contributed by atoms with Gasteiger partial charge < -0.3 is 10.1 Å². The molecule has 0 unspecified atom stereocenters. The first-order chi connectivity index (χ1) is 10.1. The van der Waals surface area contributed by atoms with Gasteiger partial charge in [0.15, 0.2) is 0 Å². The number of nitrogens with one attached hydrogen (secondary N) is 1. The third-order valence-electron chi connectivity index (χ3n) is 3.06. The predicted octanol–water partition coefficient (Wildman–Crippen LogP) is 2.89. The minimum absolute atomic E-state index is 0.574. The molecule has 2 rings (SSSR count). The van der Waals surface area contributed by atoms with Crippen molar-refractivity contribution in [2.45, 2.75) is 40.2 Å². The van der Waals surface area contributed by atoms with Gasteiger partial charge in [-0.05, 0) is 12.3 Å². The first-order valence-corrected chi connectivity index (χ1v) is 8.04. The minimum atomic E-state index is 0.574. The molecule has 0 aliphatic heterocycles. The summed E-state index contributed by atoms with van der Waals surface area (Å²) in [5.74, 6) is 1.39. The molecule has 0 saturated carbocycles. The van der Waals surface area contributed by atoms with Gasteiger partial charge in [-0.2, -0.15) is 9.47 Å². The highest BCUT2D eigenvalue weighted by Crippen LogP contribution is 2.23. The Morgan fingerprint density at radius 1 is 1.43 bits per heavy atom. The highest BCUT2D eigenvalue weighted by Gasteiger charge is 2.12. The molecule has 0 spiro atoms. The van der Waals surface area contributed by atoms with Crippen molar-refractivity contribution < 1.29 is 4.74 Å². The molecule has 0 aliphatic rings. The maximum atomic E-state index is 5.04. The van der Waals surface area contributed by atoms with Gasteiger partial charge >= 0.3 is 0 Å². The molecule has 0 amide bonds. The van der Waals surface area contributed by atoms with Gasteiger partial charge in [0.1, 0.15) is 5.82 Å². The SMILES string of the molecule is CCc1c(Nc2nc(CCOC)ns2)cnn1CC(C)C. The topological polar surface area (TPSA) is 64.9 Å². The molecular formula is C14H23N5OS. The molecule has 0 aromatic carbocycles. The first kappa shape index (κ1) is 15.9. The number of hydrogen-bond donors (Lipinski definition) is 1. The number of methoxy groups -OCH3 is 1. The van der Waals surface area contributed by atoms with Crippen molar-refractivity contribution in [3.05, 3.63) is 17.7 Å². The van der Waals surface area contributed by atoms with Crippen LogP contribution in [0.3, 0.4) is 0 Å². The van der Waals surface area contributed by atoms with Crippen LogP contribution in [-0.4, -0.2) is 32.9 Å². The lowest BCUT2D eigenvalue weighted by Crippen LogP contribution is -2.09. The maximum absolute atomic E-state index is 5.04. The Labute approximate surface area is 129 Å². The Balaban J connectivity index is 2.08. The van der Waals surface area contributed by atoms with Crippen LogP contribution in [0.4, 0.5) is 10.8 Å². The van der Waals surface area contributed by atoms with Crippen molar-refractivity contribution in [3.8, 4) is 0 Å². The van der Waals surface area contributed by atoms with Crippen molar-refractivity contribution >= 4 is 22.4 Å². The zero-order valence-corrected chi connectivity index (χ0v) is 13.9. The summed E-state index contributed by atoms with van der Waals surface area (Å²) in [5.41, 5.74) is 2.23. The van der Waals surface area contributed by atoms with Gasteiger partial charge in [0.25, 0.3) is 0 Å². The van der Waals surface area contributed by atoms with Gasteiger partial charge in [-0.25, -0.2) is 4.98 Å². The van der Waals surface area contributed by atoms with E-state index in [0.717, 1.165) is 36.0 Å². The molecule has 0 bridgehead atoms. The molecule has 0 atom stereocenters. The van der Waals surface area contributed by atoms with Crippen LogP contribution in [0.2, 0.25) is 0 Å². The first-order valence-electron chi connectivity index (χ1n) is 7.27. The fourth-order valence-electron chi connectivity index (χ4n) is 2.11. The third-order valence-corrected chi connectivity index (χ3v) is 3.73. The van der Waals surface area contributed by atoms with Gasteiger partial charge in [0, 0.05) is 31.6 Å². The lowest BCUT2D eigenvalue weighted by molar-refractivity contribution is 0.201. The van der Waals surface area contributed by atoms with Crippen molar-refractivity contribution in [2.24, 2.45) is 5.92 Å². The molecule has 0 radical (unpaired) electrons. The lowest BCUT2D eigenvalue weighted by Gasteiger charge is -2.10. The van der Waals surface area contributed by atoms with Crippen molar-refractivity contribution in [1.29, 1.82) is 0 Å². The number of ether oxygens (including phenoxy) is 1. The molecule has 21 heavy (non-hydrogen) atoms. The summed E-state index contributed by atoms with van der Waals surface area (Å²) >= 11 is 1.37. The average Bonchev–Trinajstić information content (AvgIpc) is 3.03. The highest BCUT2D eigenvalue weighted by atomic mass is 32.1. The van der Waals surface area contributed by atoms with Gasteiger partial charge in [0.2, 0.25) is 5.13 Å². The van der Waals surface area contributed by atoms with Crippen molar-refractivity contribution in [3.63, 3.8) is 0 Å². The number of anilines is 2. The van der Waals surface area contributed by atoms with Crippen LogP contribution < -0.4 is 5.32 Å². The molecule has 0 fully saturated rings. The van der Waals surface area contributed by atoms with Crippen LogP contribution in [0.25, 0.3) is 0 Å². The van der Waals surface area contributed by atoms with E-state index in [1.54, 1.807) is 7.11 Å². The highest BCUT2D eigenvalue weighted by molar-refractivity contribution is 7.09. The fraction of sp³-hybridized carbons (Fsp3) is 0.643. The van der Waals surface area contributed by atoms with Crippen LogP contribution in [-0.2, 0) is 24.1 Å². The third kappa shape index (κ3) is 4.25. The molecule has 2 heterocycles. The Bertz CT molecular complexity index is 563. The second-order valence-electron chi connectivity index (χ2n) is 5.32. The van der Waals surface area contributed by atoms with E-state index in [-0.39, 0.29) is 0 Å². The van der Waals surface area contributed by atoms with E-state index in [1.807, 2.05) is 6.20 Å². The molecule has 116 valence electrons. The molecular weight excluding hydrogens is 286 g/mol. The normalized spacial score (nSPS) is 11.3. The second kappa shape index (κ2) is 7.51. The van der Waals surface area contributed by atoms with E-state index in [1.165, 1.54) is 17.2 Å². The van der Waals surface area contributed by atoms with E-state index in [4.69, 9.17) is 4.74 Å². The molecule has 0 aliphatic carbocycles. The van der Waals surface area contributed by atoms with E-state index < -0.39 is 0 Å². The van der Waals surface area contributed by atoms with E-state index >= 15 is 0 Å². The molecule has 0 saturated heterocycles. The van der Waals surface area contributed by atoms with Crippen LogP contribution >= 0.6 is 11.5 Å². The zero-order valence-electron chi connectivity index (χ0n) is 13.1. The predicted molar refractivity (Wildman–Crippen MR) is 85.2 cm³/mol. The summed E-state index contributed by atoms with van der Waals surface area (Å²) in [6, 6.07) is 0. The Morgan fingerprint density at radius 2 is 2.24 bits per heavy atom. The average molecular weight is 309 g/mol. The smallest absolute Gasteiger partial charge is 0.207 e. The van der Waals surface area contributed by atoms with Gasteiger partial charge in [-0.15, -0.1) is 0 Å². The van der Waals surface area contributed by atoms with Gasteiger partial charge in [-0.3, -0.25) is 4.68 Å². The molecule has 6 nitrogen and oxygen atoms in total. The number of hydrogen-bond acceptors (Lipinski definition) is 6. The summed E-state index contributed by atoms with van der Waals surface area (Å²) in [6.45, 7) is 8.11. The number of aromatic nitrogens is 4. The van der Waals surface area contributed by atoms with Crippen molar-refractivity contribution in [1.82, 2.24) is 19.1 Å². The summed E-state index contributed by atoms with van der Waals surface area (Å²) in [7, 11) is 1.68. The van der Waals surface area contributed by atoms with Crippen LogP contribution in [0.15, 0.2) is 6.20 Å². The van der Waals surface area contributed by atoms with Crippen LogP contribution in [0.5, 0.6) is 0 Å². The Morgan fingerprint density at radius 3 is 2.90 bits per heavy atom. The maximum Gasteiger partial charge on any atom is 0.207 e. The molecule has 2 aromatic heterocycles. The fourth-order valence-corrected chi connectivity index (χ4v) is 2.73. The van der Waals surface area contributed by atoms with Crippen molar-refractivity contribution in [2.75, 3.05) is 19.0 Å². The quantitative estimate of drug-likeness (QED) is 0.812. The monoisotopic (exact) mass is 309 g/mol. The number of nitrogens with zero attached hydrogens (tertiary/aromatic N) is 4. The summed E-state index contributed by atoms with van der Waals surface area (Å²) in [4.78, 5) is 4.47. The molecule has 2 aromatic rings. The molecule has 7 heteroatoms. The van der Waals surface area contributed by atoms with E-state index in [2.05, 4.69) is 45.2 Å². The Hall–Kier alpha value is -1.47. The number of rotatable bonds is 8. The van der Waals surface area contributed by atoms with Crippen LogP contribution in [0, 0.1) is 5.92 Å². The summed E-state index contributed by atoms with van der Waals surface area (Å²) < 4.78 is 11.4.